The van der Waals surface area contributed by atoms with Crippen LogP contribution >= 0.6 is 0 Å². The van der Waals surface area contributed by atoms with Crippen LogP contribution in [0.1, 0.15) is 49.3 Å². The Morgan fingerprint density at radius 3 is 2.19 bits per heavy atom. The van der Waals surface area contributed by atoms with Gasteiger partial charge in [-0.3, -0.25) is 0 Å². The molecule has 3 aromatic rings. The van der Waals surface area contributed by atoms with E-state index >= 15 is 0 Å². The van der Waals surface area contributed by atoms with E-state index in [9.17, 15) is 19.5 Å². The lowest BCUT2D eigenvalue weighted by Gasteiger charge is -2.19. The molecule has 1 aliphatic carbocycles. The van der Waals surface area contributed by atoms with E-state index in [1.807, 2.05) is 48.5 Å². The first-order valence-electron chi connectivity index (χ1n) is 11.7. The maximum Gasteiger partial charge on any atom is 0.419 e. The molecule has 1 atom stereocenters. The largest absolute Gasteiger partial charge is 0.480 e. The van der Waals surface area contributed by atoms with Gasteiger partial charge in [0.2, 0.25) is 0 Å². The Bertz CT molecular complexity index is 1260. The maximum atomic E-state index is 12.6. The molecule has 0 aliphatic heterocycles. The van der Waals surface area contributed by atoms with Crippen LogP contribution in [0.25, 0.3) is 11.1 Å². The first kappa shape index (κ1) is 25.0. The Hall–Kier alpha value is -4.14. The number of nitrogens with one attached hydrogen (secondary N) is 1. The van der Waals surface area contributed by atoms with Gasteiger partial charge in [-0.15, -0.1) is 0 Å². The number of aromatic nitrogens is 2. The van der Waals surface area contributed by atoms with E-state index in [0.717, 1.165) is 22.3 Å². The van der Waals surface area contributed by atoms with Gasteiger partial charge >= 0.3 is 18.2 Å². The summed E-state index contributed by atoms with van der Waals surface area (Å²) in [4.78, 5) is 41.0. The number of benzene rings is 2. The third-order valence-electron chi connectivity index (χ3n) is 5.87. The minimum absolute atomic E-state index is 0.0680. The number of aliphatic carboxylic acids is 1. The van der Waals surface area contributed by atoms with E-state index in [1.54, 1.807) is 27.7 Å². The fourth-order valence-corrected chi connectivity index (χ4v) is 4.32. The molecule has 9 nitrogen and oxygen atoms in total. The summed E-state index contributed by atoms with van der Waals surface area (Å²) in [5, 5.41) is 12.1. The second kappa shape index (κ2) is 9.85. The van der Waals surface area contributed by atoms with E-state index in [2.05, 4.69) is 10.3 Å². The molecule has 2 aromatic carbocycles. The van der Waals surface area contributed by atoms with Crippen LogP contribution in [0.4, 0.5) is 9.59 Å². The van der Waals surface area contributed by atoms with E-state index in [-0.39, 0.29) is 18.9 Å². The van der Waals surface area contributed by atoms with Crippen LogP contribution in [-0.4, -0.2) is 51.1 Å². The Labute approximate surface area is 209 Å². The van der Waals surface area contributed by atoms with Crippen LogP contribution < -0.4 is 5.32 Å². The second-order valence-electron chi connectivity index (χ2n) is 9.69. The van der Waals surface area contributed by atoms with Crippen molar-refractivity contribution < 1.29 is 29.0 Å². The van der Waals surface area contributed by atoms with Crippen molar-refractivity contribution in [2.75, 3.05) is 6.61 Å². The number of imidazole rings is 1. The quantitative estimate of drug-likeness (QED) is 0.521. The molecule has 9 heteroatoms. The van der Waals surface area contributed by atoms with Crippen molar-refractivity contribution >= 4 is 18.2 Å². The van der Waals surface area contributed by atoms with E-state index in [0.29, 0.717) is 11.5 Å². The van der Waals surface area contributed by atoms with Gasteiger partial charge in [-0.25, -0.2) is 23.9 Å². The molecule has 0 bridgehead atoms. The zero-order valence-electron chi connectivity index (χ0n) is 20.6. The summed E-state index contributed by atoms with van der Waals surface area (Å²) in [6, 6.07) is 14.6. The van der Waals surface area contributed by atoms with Gasteiger partial charge in [-0.1, -0.05) is 48.5 Å². The number of fused-ring (bicyclic) bond motifs is 3. The Morgan fingerprint density at radius 2 is 1.64 bits per heavy atom. The molecule has 0 radical (unpaired) electrons. The summed E-state index contributed by atoms with van der Waals surface area (Å²) in [7, 11) is 0. The number of amides is 1. The molecule has 2 N–H and O–H groups in total. The lowest BCUT2D eigenvalue weighted by molar-refractivity contribution is -0.139. The average Bonchev–Trinajstić information content (AvgIpc) is 3.33. The SMILES string of the molecule is Cc1nc(C[C@H](NC(=O)OCC2c3ccccc3-c3ccccc32)C(=O)O)cn1C(=O)OC(C)(C)C. The molecule has 1 aliphatic rings. The predicted octanol–water partition coefficient (Wildman–Crippen LogP) is 4.51. The number of hydrogen-bond donors (Lipinski definition) is 2. The molecule has 1 aromatic heterocycles. The molecule has 36 heavy (non-hydrogen) atoms. The van der Waals surface area contributed by atoms with Gasteiger partial charge in [-0.2, -0.15) is 0 Å². The van der Waals surface area contributed by atoms with E-state index < -0.39 is 29.8 Å². The summed E-state index contributed by atoms with van der Waals surface area (Å²) < 4.78 is 12.0. The number of aryl methyl sites for hydroxylation is 1. The van der Waals surface area contributed by atoms with Crippen molar-refractivity contribution in [2.24, 2.45) is 0 Å². The molecule has 0 unspecified atom stereocenters. The van der Waals surface area contributed by atoms with Crippen LogP contribution in [0.2, 0.25) is 0 Å². The molecule has 4 rings (SSSR count). The highest BCUT2D eigenvalue weighted by Crippen LogP contribution is 2.44. The van der Waals surface area contributed by atoms with Crippen molar-refractivity contribution in [2.45, 2.75) is 51.7 Å². The number of carbonyl (C=O) groups excluding carboxylic acids is 2. The fourth-order valence-electron chi connectivity index (χ4n) is 4.32. The van der Waals surface area contributed by atoms with E-state index in [4.69, 9.17) is 9.47 Å². The maximum absolute atomic E-state index is 12.6. The van der Waals surface area contributed by atoms with Crippen LogP contribution in [0.5, 0.6) is 0 Å². The van der Waals surface area contributed by atoms with Crippen LogP contribution in [0, 0.1) is 6.92 Å². The van der Waals surface area contributed by atoms with Crippen LogP contribution in [-0.2, 0) is 20.7 Å². The Balaban J connectivity index is 1.41. The summed E-state index contributed by atoms with van der Waals surface area (Å²) in [5.74, 6) is -1.03. The minimum Gasteiger partial charge on any atom is -0.480 e. The molecule has 0 saturated heterocycles. The van der Waals surface area contributed by atoms with Crippen LogP contribution in [0.3, 0.4) is 0 Å². The third-order valence-corrected chi connectivity index (χ3v) is 5.87. The number of ether oxygens (including phenoxy) is 2. The summed E-state index contributed by atoms with van der Waals surface area (Å²) in [5.41, 5.74) is 3.95. The number of alkyl carbamates (subject to hydrolysis) is 1. The van der Waals surface area contributed by atoms with Crippen LogP contribution in [0.15, 0.2) is 54.7 Å². The predicted molar refractivity (Wildman–Crippen MR) is 132 cm³/mol. The Morgan fingerprint density at radius 1 is 1.06 bits per heavy atom. The lowest BCUT2D eigenvalue weighted by Crippen LogP contribution is -2.43. The highest BCUT2D eigenvalue weighted by Gasteiger charge is 2.30. The molecule has 0 spiro atoms. The normalized spacial score (nSPS) is 13.4. The number of nitrogens with zero attached hydrogens (tertiary/aromatic N) is 2. The number of rotatable bonds is 6. The molecule has 1 heterocycles. The zero-order chi connectivity index (χ0) is 26.0. The van der Waals surface area contributed by atoms with Gasteiger partial charge in [-0.05, 0) is 49.9 Å². The van der Waals surface area contributed by atoms with Gasteiger partial charge in [0.15, 0.2) is 0 Å². The number of carboxylic acid groups (broad SMARTS) is 1. The first-order chi connectivity index (χ1) is 17.0. The topological polar surface area (TPSA) is 120 Å². The van der Waals surface area contributed by atoms with Gasteiger partial charge in [0, 0.05) is 18.5 Å². The van der Waals surface area contributed by atoms with Gasteiger partial charge in [0.1, 0.15) is 24.1 Å². The van der Waals surface area contributed by atoms with Gasteiger partial charge in [0.25, 0.3) is 0 Å². The summed E-state index contributed by atoms with van der Waals surface area (Å²) >= 11 is 0. The molecule has 0 saturated carbocycles. The highest BCUT2D eigenvalue weighted by atomic mass is 16.6. The standard InChI is InChI=1S/C27H29N3O6/c1-16-28-17(14-30(16)26(34)36-27(2,3)4)13-23(24(31)32)29-25(33)35-15-22-20-11-7-5-9-18(20)19-10-6-8-12-21(19)22/h5-12,14,22-23H,13,15H2,1-4H3,(H,29,33)(H,31,32)/t23-/m0/s1. The molecular formula is C27H29N3O6. The zero-order valence-corrected chi connectivity index (χ0v) is 20.6. The average molecular weight is 492 g/mol. The Kier molecular flexibility index (Phi) is 6.83. The van der Waals surface area contributed by atoms with Gasteiger partial charge in [0.05, 0.1) is 5.69 Å². The van der Waals surface area contributed by atoms with Crippen molar-refractivity contribution in [3.8, 4) is 11.1 Å². The molecule has 0 fully saturated rings. The smallest absolute Gasteiger partial charge is 0.419 e. The fraction of sp³-hybridized carbons (Fsp3) is 0.333. The molecular weight excluding hydrogens is 462 g/mol. The number of carboxylic acids is 1. The van der Waals surface area contributed by atoms with Crippen molar-refractivity contribution in [1.82, 2.24) is 14.9 Å². The molecule has 1 amide bonds. The molecule has 188 valence electrons. The number of hydrogen-bond acceptors (Lipinski definition) is 6. The monoisotopic (exact) mass is 491 g/mol. The van der Waals surface area contributed by atoms with E-state index in [1.165, 1.54) is 10.8 Å². The van der Waals surface area contributed by atoms with Gasteiger partial charge < -0.3 is 19.9 Å². The van der Waals surface area contributed by atoms with Crippen molar-refractivity contribution in [3.05, 3.63) is 77.4 Å². The van der Waals surface area contributed by atoms with Crippen molar-refractivity contribution in [3.63, 3.8) is 0 Å². The third kappa shape index (κ3) is 5.40. The summed E-state index contributed by atoms with van der Waals surface area (Å²) in [6.07, 6.45) is -0.169. The van der Waals surface area contributed by atoms with Crippen molar-refractivity contribution in [1.29, 1.82) is 0 Å². The number of carbonyl (C=O) groups is 3. The first-order valence-corrected chi connectivity index (χ1v) is 11.7. The minimum atomic E-state index is -1.29. The summed E-state index contributed by atoms with van der Waals surface area (Å²) in [6.45, 7) is 6.92. The highest BCUT2D eigenvalue weighted by molar-refractivity contribution is 5.81. The second-order valence-corrected chi connectivity index (χ2v) is 9.69. The lowest BCUT2D eigenvalue weighted by atomic mass is 9.98.